The fourth-order valence-electron chi connectivity index (χ4n) is 3.18. The number of nitrogens with zero attached hydrogens (tertiary/aromatic N) is 2. The van der Waals surface area contributed by atoms with Crippen molar-refractivity contribution in [2.24, 2.45) is 0 Å². The predicted octanol–water partition coefficient (Wildman–Crippen LogP) is 1.58. The van der Waals surface area contributed by atoms with Gasteiger partial charge in [0.15, 0.2) is 9.84 Å². The zero-order chi connectivity index (χ0) is 15.4. The molecule has 0 saturated carbocycles. The van der Waals surface area contributed by atoms with Crippen molar-refractivity contribution < 1.29 is 18.3 Å². The summed E-state index contributed by atoms with van der Waals surface area (Å²) in [5, 5.41) is 9.13. The average Bonchev–Trinajstić information content (AvgIpc) is 2.84. The molecule has 1 aromatic heterocycles. The van der Waals surface area contributed by atoms with E-state index >= 15 is 0 Å². The topological polar surface area (TPSA) is 89.3 Å². The highest BCUT2D eigenvalue weighted by Gasteiger charge is 2.41. The molecule has 2 aromatic rings. The fraction of sp³-hybridized carbons (Fsp3) is 0.429. The van der Waals surface area contributed by atoms with E-state index in [1.54, 1.807) is 12.1 Å². The molecular weight excluding hydrogens is 292 g/mol. The second-order valence-corrected chi connectivity index (χ2v) is 8.03. The van der Waals surface area contributed by atoms with Crippen LogP contribution in [-0.4, -0.2) is 40.6 Å². The van der Waals surface area contributed by atoms with Gasteiger partial charge in [0.05, 0.1) is 33.6 Å². The number of imidazole rings is 1. The van der Waals surface area contributed by atoms with Crippen molar-refractivity contribution in [3.63, 3.8) is 0 Å². The van der Waals surface area contributed by atoms with Gasteiger partial charge in [-0.1, -0.05) is 0 Å². The van der Waals surface area contributed by atoms with Crippen molar-refractivity contribution in [2.45, 2.75) is 25.8 Å². The lowest BCUT2D eigenvalue weighted by Gasteiger charge is -2.26. The molecule has 1 fully saturated rings. The van der Waals surface area contributed by atoms with E-state index in [4.69, 9.17) is 5.11 Å². The van der Waals surface area contributed by atoms with Gasteiger partial charge >= 0.3 is 5.97 Å². The van der Waals surface area contributed by atoms with Gasteiger partial charge in [0, 0.05) is 0 Å². The van der Waals surface area contributed by atoms with Crippen molar-refractivity contribution in [1.82, 2.24) is 9.55 Å². The Bertz CT molecular complexity index is 853. The molecule has 7 heteroatoms. The molecule has 1 aliphatic rings. The first-order chi connectivity index (χ1) is 9.72. The number of rotatable bonds is 2. The molecule has 2 heterocycles. The van der Waals surface area contributed by atoms with Crippen LogP contribution in [0.25, 0.3) is 11.0 Å². The fourth-order valence-corrected chi connectivity index (χ4v) is 5.30. The molecule has 112 valence electrons. The molecule has 1 aliphatic heterocycles. The van der Waals surface area contributed by atoms with Gasteiger partial charge in [0.2, 0.25) is 0 Å². The summed E-state index contributed by atoms with van der Waals surface area (Å²) in [6, 6.07) is 4.73. The van der Waals surface area contributed by atoms with E-state index in [-0.39, 0.29) is 17.1 Å². The Morgan fingerprint density at radius 1 is 1.43 bits per heavy atom. The number of carboxylic acids is 1. The van der Waals surface area contributed by atoms with Crippen LogP contribution >= 0.6 is 0 Å². The van der Waals surface area contributed by atoms with Crippen LogP contribution in [0, 0.1) is 6.92 Å². The molecule has 1 atom stereocenters. The summed E-state index contributed by atoms with van der Waals surface area (Å²) in [5.41, 5.74) is 0.956. The highest BCUT2D eigenvalue weighted by Crippen LogP contribution is 2.35. The van der Waals surface area contributed by atoms with Crippen LogP contribution in [0.3, 0.4) is 0 Å². The van der Waals surface area contributed by atoms with E-state index < -0.39 is 21.3 Å². The van der Waals surface area contributed by atoms with Gasteiger partial charge in [-0.2, -0.15) is 0 Å². The quantitative estimate of drug-likeness (QED) is 0.909. The summed E-state index contributed by atoms with van der Waals surface area (Å²) in [4.78, 5) is 15.6. The van der Waals surface area contributed by atoms with Crippen LogP contribution in [0.15, 0.2) is 18.2 Å². The van der Waals surface area contributed by atoms with Crippen LogP contribution in [0.4, 0.5) is 0 Å². The minimum atomic E-state index is -3.06. The van der Waals surface area contributed by atoms with Gasteiger partial charge in [-0.15, -0.1) is 0 Å². The largest absolute Gasteiger partial charge is 0.478 e. The third kappa shape index (κ3) is 2.21. The average molecular weight is 308 g/mol. The SMILES string of the molecule is Cc1nc2ccc(C(=O)O)cc2n1C1(C)CCS(=O)(=O)C1. The summed E-state index contributed by atoms with van der Waals surface area (Å²) in [5.74, 6) is -0.0937. The molecular formula is C14H16N2O4S. The molecule has 21 heavy (non-hydrogen) atoms. The standard InChI is InChI=1S/C14H16N2O4S/c1-9-15-11-4-3-10(13(17)18)7-12(11)16(9)14(2)5-6-21(19,20)8-14/h3-4,7H,5-6,8H2,1-2H3,(H,17,18). The molecule has 6 nitrogen and oxygen atoms in total. The van der Waals surface area contributed by atoms with Crippen LogP contribution in [-0.2, 0) is 15.4 Å². The zero-order valence-electron chi connectivity index (χ0n) is 11.8. The van der Waals surface area contributed by atoms with E-state index in [1.165, 1.54) is 6.07 Å². The number of hydrogen-bond acceptors (Lipinski definition) is 4. The molecule has 1 unspecified atom stereocenters. The minimum absolute atomic E-state index is 0.0591. The summed E-state index contributed by atoms with van der Waals surface area (Å²) >= 11 is 0. The van der Waals surface area contributed by atoms with Gasteiger partial charge < -0.3 is 9.67 Å². The molecule has 3 rings (SSSR count). The number of aromatic nitrogens is 2. The summed E-state index contributed by atoms with van der Waals surface area (Å²) < 4.78 is 25.5. The van der Waals surface area contributed by atoms with Gasteiger partial charge in [-0.25, -0.2) is 18.2 Å². The third-order valence-corrected chi connectivity index (χ3v) is 5.98. The Morgan fingerprint density at radius 3 is 2.71 bits per heavy atom. The van der Waals surface area contributed by atoms with Gasteiger partial charge in [0.25, 0.3) is 0 Å². The Morgan fingerprint density at radius 2 is 2.14 bits per heavy atom. The molecule has 0 bridgehead atoms. The van der Waals surface area contributed by atoms with Crippen LogP contribution in [0.5, 0.6) is 0 Å². The normalized spacial score (nSPS) is 24.5. The first-order valence-electron chi connectivity index (χ1n) is 6.65. The first-order valence-corrected chi connectivity index (χ1v) is 8.47. The zero-order valence-corrected chi connectivity index (χ0v) is 12.6. The smallest absolute Gasteiger partial charge is 0.335 e. The molecule has 0 radical (unpaired) electrons. The molecule has 0 aliphatic carbocycles. The highest BCUT2D eigenvalue weighted by molar-refractivity contribution is 7.91. The predicted molar refractivity (Wildman–Crippen MR) is 78.3 cm³/mol. The molecule has 1 N–H and O–H groups in total. The lowest BCUT2D eigenvalue weighted by Crippen LogP contribution is -2.32. The molecule has 1 saturated heterocycles. The van der Waals surface area contributed by atoms with Crippen molar-refractivity contribution in [3.05, 3.63) is 29.6 Å². The van der Waals surface area contributed by atoms with E-state index in [0.29, 0.717) is 23.3 Å². The number of carbonyl (C=O) groups is 1. The third-order valence-electron chi connectivity index (χ3n) is 4.09. The summed E-state index contributed by atoms with van der Waals surface area (Å²) in [6.45, 7) is 3.70. The molecule has 1 aromatic carbocycles. The van der Waals surface area contributed by atoms with Crippen molar-refractivity contribution in [1.29, 1.82) is 0 Å². The van der Waals surface area contributed by atoms with E-state index in [9.17, 15) is 13.2 Å². The lowest BCUT2D eigenvalue weighted by atomic mass is 10.0. The van der Waals surface area contributed by atoms with E-state index in [1.807, 2.05) is 18.4 Å². The Balaban J connectivity index is 2.24. The number of fused-ring (bicyclic) bond motifs is 1. The number of benzene rings is 1. The number of aromatic carboxylic acids is 1. The van der Waals surface area contributed by atoms with Gasteiger partial charge in [-0.05, 0) is 38.5 Å². The number of aryl methyl sites for hydroxylation is 1. The maximum absolute atomic E-state index is 11.8. The van der Waals surface area contributed by atoms with Gasteiger partial charge in [-0.3, -0.25) is 0 Å². The highest BCUT2D eigenvalue weighted by atomic mass is 32.2. The lowest BCUT2D eigenvalue weighted by molar-refractivity contribution is 0.0697. The number of hydrogen-bond donors (Lipinski definition) is 1. The van der Waals surface area contributed by atoms with E-state index in [2.05, 4.69) is 4.98 Å². The minimum Gasteiger partial charge on any atom is -0.478 e. The van der Waals surface area contributed by atoms with Crippen LogP contribution in [0.2, 0.25) is 0 Å². The Labute approximate surface area is 122 Å². The van der Waals surface area contributed by atoms with Crippen molar-refractivity contribution in [3.8, 4) is 0 Å². The Hall–Kier alpha value is -1.89. The number of carboxylic acid groups (broad SMARTS) is 1. The number of sulfone groups is 1. The molecule has 0 spiro atoms. The maximum Gasteiger partial charge on any atom is 0.335 e. The Kier molecular flexibility index (Phi) is 2.88. The van der Waals surface area contributed by atoms with E-state index in [0.717, 1.165) is 0 Å². The van der Waals surface area contributed by atoms with Crippen molar-refractivity contribution in [2.75, 3.05) is 11.5 Å². The van der Waals surface area contributed by atoms with Crippen molar-refractivity contribution >= 4 is 26.8 Å². The monoisotopic (exact) mass is 308 g/mol. The van der Waals surface area contributed by atoms with Gasteiger partial charge in [0.1, 0.15) is 5.82 Å². The molecule has 0 amide bonds. The second-order valence-electron chi connectivity index (χ2n) is 5.84. The second kappa shape index (κ2) is 4.30. The summed E-state index contributed by atoms with van der Waals surface area (Å²) in [7, 11) is -3.06. The maximum atomic E-state index is 11.8. The summed E-state index contributed by atoms with van der Waals surface area (Å²) in [6.07, 6.45) is 0.513. The first kappa shape index (κ1) is 14.1. The van der Waals surface area contributed by atoms with Crippen LogP contribution < -0.4 is 0 Å². The van der Waals surface area contributed by atoms with Crippen LogP contribution in [0.1, 0.15) is 29.5 Å².